The zero-order chi connectivity index (χ0) is 15.2. The maximum Gasteiger partial charge on any atom is 0.411 e. The summed E-state index contributed by atoms with van der Waals surface area (Å²) in [6.45, 7) is 6.82. The lowest BCUT2D eigenvalue weighted by molar-refractivity contribution is -0.174. The third-order valence-corrected chi connectivity index (χ3v) is 3.05. The van der Waals surface area contributed by atoms with Gasteiger partial charge in [-0.1, -0.05) is 6.92 Å². The van der Waals surface area contributed by atoms with Gasteiger partial charge in [0.15, 0.2) is 0 Å². The number of aromatic nitrogens is 2. The van der Waals surface area contributed by atoms with Crippen molar-refractivity contribution in [1.82, 2.24) is 15.1 Å². The van der Waals surface area contributed by atoms with Crippen LogP contribution in [0.1, 0.15) is 23.9 Å². The van der Waals surface area contributed by atoms with E-state index >= 15 is 0 Å². The number of aryl methyl sites for hydroxylation is 1. The van der Waals surface area contributed by atoms with E-state index in [1.807, 2.05) is 20.8 Å². The van der Waals surface area contributed by atoms with Crippen molar-refractivity contribution in [1.29, 1.82) is 0 Å². The second-order valence-electron chi connectivity index (χ2n) is 4.64. The minimum Gasteiger partial charge on any atom is -0.370 e. The topological polar surface area (TPSA) is 39.1 Å². The highest BCUT2D eigenvalue weighted by molar-refractivity contribution is 5.24. The van der Waals surface area contributed by atoms with E-state index in [0.29, 0.717) is 6.54 Å². The Balaban J connectivity index is 2.48. The predicted molar refractivity (Wildman–Crippen MR) is 70.8 cm³/mol. The first-order chi connectivity index (χ1) is 9.35. The Morgan fingerprint density at radius 1 is 1.30 bits per heavy atom. The maximum absolute atomic E-state index is 11.9. The van der Waals surface area contributed by atoms with E-state index in [4.69, 9.17) is 0 Å². The van der Waals surface area contributed by atoms with Gasteiger partial charge in [-0.3, -0.25) is 4.68 Å². The molecule has 0 aliphatic rings. The Morgan fingerprint density at radius 2 is 2.00 bits per heavy atom. The highest BCUT2D eigenvalue weighted by Gasteiger charge is 2.27. The highest BCUT2D eigenvalue weighted by atomic mass is 19.4. The molecule has 0 atom stereocenters. The number of nitrogens with one attached hydrogen (secondary N) is 1. The van der Waals surface area contributed by atoms with Gasteiger partial charge in [0.2, 0.25) is 0 Å². The van der Waals surface area contributed by atoms with Crippen LogP contribution in [0.2, 0.25) is 0 Å². The summed E-state index contributed by atoms with van der Waals surface area (Å²) < 4.78 is 42.2. The quantitative estimate of drug-likeness (QED) is 0.747. The van der Waals surface area contributed by atoms with E-state index < -0.39 is 12.8 Å². The van der Waals surface area contributed by atoms with Crippen LogP contribution in [0.25, 0.3) is 0 Å². The van der Waals surface area contributed by atoms with Crippen molar-refractivity contribution in [2.45, 2.75) is 39.9 Å². The molecule has 0 saturated heterocycles. The van der Waals surface area contributed by atoms with Gasteiger partial charge in [-0.15, -0.1) is 0 Å². The summed E-state index contributed by atoms with van der Waals surface area (Å²) >= 11 is 0. The summed E-state index contributed by atoms with van der Waals surface area (Å²) in [4.78, 5) is 0. The molecule has 0 bridgehead atoms. The van der Waals surface area contributed by atoms with Crippen molar-refractivity contribution >= 4 is 0 Å². The molecule has 0 unspecified atom stereocenters. The number of hydrogen-bond donors (Lipinski definition) is 1. The largest absolute Gasteiger partial charge is 0.411 e. The van der Waals surface area contributed by atoms with Crippen LogP contribution in [0.4, 0.5) is 13.2 Å². The molecule has 0 aromatic carbocycles. The zero-order valence-corrected chi connectivity index (χ0v) is 12.2. The minimum atomic E-state index is -4.27. The molecular weight excluding hydrogens is 271 g/mol. The van der Waals surface area contributed by atoms with Crippen LogP contribution in [-0.4, -0.2) is 42.3 Å². The fourth-order valence-electron chi connectivity index (χ4n) is 2.04. The molecule has 0 fully saturated rings. The maximum atomic E-state index is 11.9. The van der Waals surface area contributed by atoms with Crippen molar-refractivity contribution in [2.75, 3.05) is 26.3 Å². The van der Waals surface area contributed by atoms with Gasteiger partial charge < -0.3 is 10.1 Å². The Bertz CT molecular complexity index is 416. The number of nitrogens with zero attached hydrogens (tertiary/aromatic N) is 2. The average Bonchev–Trinajstić information content (AvgIpc) is 2.61. The molecular formula is C13H22F3N3O. The van der Waals surface area contributed by atoms with Gasteiger partial charge >= 0.3 is 6.18 Å². The monoisotopic (exact) mass is 293 g/mol. The summed E-state index contributed by atoms with van der Waals surface area (Å²) in [7, 11) is 0. The van der Waals surface area contributed by atoms with Crippen molar-refractivity contribution < 1.29 is 17.9 Å². The first-order valence-corrected chi connectivity index (χ1v) is 6.73. The second-order valence-corrected chi connectivity index (χ2v) is 4.64. The Morgan fingerprint density at radius 3 is 2.60 bits per heavy atom. The number of rotatable bonds is 8. The van der Waals surface area contributed by atoms with Crippen LogP contribution in [0.3, 0.4) is 0 Å². The molecule has 0 saturated carbocycles. The lowest BCUT2D eigenvalue weighted by Crippen LogP contribution is -2.19. The summed E-state index contributed by atoms with van der Waals surface area (Å²) in [5.41, 5.74) is 3.08. The molecule has 0 aliphatic carbocycles. The lowest BCUT2D eigenvalue weighted by Gasteiger charge is -2.09. The average molecular weight is 293 g/mol. The summed E-state index contributed by atoms with van der Waals surface area (Å²) in [5, 5.41) is 7.59. The summed E-state index contributed by atoms with van der Waals surface area (Å²) in [5.74, 6) is 0. The van der Waals surface area contributed by atoms with E-state index in [1.165, 1.54) is 0 Å². The molecule has 4 nitrogen and oxygen atoms in total. The van der Waals surface area contributed by atoms with Gasteiger partial charge in [-0.05, 0) is 38.9 Å². The van der Waals surface area contributed by atoms with Crippen molar-refractivity contribution in [2.24, 2.45) is 0 Å². The number of halogens is 3. The Hall–Kier alpha value is -1.08. The van der Waals surface area contributed by atoms with Crippen LogP contribution in [0.15, 0.2) is 0 Å². The SMILES string of the molecule is CCNCCc1c(C)nn(CCOCC(F)(F)F)c1C. The first-order valence-electron chi connectivity index (χ1n) is 6.73. The van der Waals surface area contributed by atoms with E-state index in [1.54, 1.807) is 4.68 Å². The van der Waals surface area contributed by atoms with Crippen molar-refractivity contribution in [3.63, 3.8) is 0 Å². The standard InChI is InChI=1S/C13H22F3N3O/c1-4-17-6-5-12-10(2)18-19(11(12)3)7-8-20-9-13(14,15)16/h17H,4-9H2,1-3H3. The normalized spacial score (nSPS) is 12.1. The lowest BCUT2D eigenvalue weighted by atomic mass is 10.1. The van der Waals surface area contributed by atoms with Gasteiger partial charge in [0.05, 0.1) is 18.8 Å². The van der Waals surface area contributed by atoms with Crippen LogP contribution >= 0.6 is 0 Å². The van der Waals surface area contributed by atoms with Crippen LogP contribution in [0.5, 0.6) is 0 Å². The minimum absolute atomic E-state index is 0.00806. The van der Waals surface area contributed by atoms with E-state index in [2.05, 4.69) is 15.2 Å². The number of hydrogen-bond acceptors (Lipinski definition) is 3. The third-order valence-electron chi connectivity index (χ3n) is 3.05. The third kappa shape index (κ3) is 5.50. The molecule has 0 aliphatic heterocycles. The van der Waals surface area contributed by atoms with Gasteiger partial charge in [0, 0.05) is 5.69 Å². The molecule has 7 heteroatoms. The molecule has 1 heterocycles. The molecule has 0 radical (unpaired) electrons. The molecule has 1 aromatic rings. The van der Waals surface area contributed by atoms with Gasteiger partial charge in [-0.2, -0.15) is 18.3 Å². The first kappa shape index (κ1) is 17.0. The number of likely N-dealkylation sites (N-methyl/N-ethyl adjacent to an activating group) is 1. The highest BCUT2D eigenvalue weighted by Crippen LogP contribution is 2.15. The fraction of sp³-hybridized carbons (Fsp3) is 0.769. The molecule has 1 rings (SSSR count). The van der Waals surface area contributed by atoms with Gasteiger partial charge in [0.1, 0.15) is 6.61 Å². The fourth-order valence-corrected chi connectivity index (χ4v) is 2.04. The van der Waals surface area contributed by atoms with Gasteiger partial charge in [0.25, 0.3) is 0 Å². The van der Waals surface area contributed by atoms with E-state index in [0.717, 1.165) is 36.5 Å². The molecule has 1 N–H and O–H groups in total. The van der Waals surface area contributed by atoms with Gasteiger partial charge in [-0.25, -0.2) is 0 Å². The molecule has 1 aromatic heterocycles. The van der Waals surface area contributed by atoms with Crippen LogP contribution in [-0.2, 0) is 17.7 Å². The Kier molecular flexibility index (Phi) is 6.48. The molecule has 116 valence electrons. The second kappa shape index (κ2) is 7.64. The van der Waals surface area contributed by atoms with E-state index in [9.17, 15) is 13.2 Å². The van der Waals surface area contributed by atoms with Crippen LogP contribution < -0.4 is 5.32 Å². The van der Waals surface area contributed by atoms with Crippen molar-refractivity contribution in [3.8, 4) is 0 Å². The van der Waals surface area contributed by atoms with E-state index in [-0.39, 0.29) is 6.61 Å². The smallest absolute Gasteiger partial charge is 0.370 e. The summed E-state index contributed by atoms with van der Waals surface area (Å²) in [6.07, 6.45) is -3.40. The molecule has 0 spiro atoms. The Labute approximate surface area is 117 Å². The molecule has 20 heavy (non-hydrogen) atoms. The van der Waals surface area contributed by atoms with Crippen molar-refractivity contribution in [3.05, 3.63) is 17.0 Å². The van der Waals surface area contributed by atoms with Crippen LogP contribution in [0, 0.1) is 13.8 Å². The number of ether oxygens (including phenoxy) is 1. The predicted octanol–water partition coefficient (Wildman–Crippen LogP) is 2.23. The summed E-state index contributed by atoms with van der Waals surface area (Å²) in [6, 6.07) is 0. The zero-order valence-electron chi connectivity index (χ0n) is 12.2. The molecule has 0 amide bonds. The number of alkyl halides is 3.